The molecule has 2 aromatic carbocycles. The van der Waals surface area contributed by atoms with Crippen LogP contribution in [0.15, 0.2) is 24.3 Å². The molecule has 0 aromatic heterocycles. The smallest absolute Gasteiger partial charge is 0.208 e. The molecule has 0 saturated carbocycles. The third-order valence-electron chi connectivity index (χ3n) is 5.47. The topological polar surface area (TPSA) is 113 Å². The minimum atomic E-state index is -0.901. The van der Waals surface area contributed by atoms with Gasteiger partial charge in [-0.1, -0.05) is 0 Å². The van der Waals surface area contributed by atoms with Gasteiger partial charge in [-0.2, -0.15) is 0 Å². The van der Waals surface area contributed by atoms with Gasteiger partial charge in [-0.05, 0) is 24.6 Å². The highest BCUT2D eigenvalue weighted by atomic mass is 16.7. The molecule has 2 aromatic rings. The fourth-order valence-electron chi connectivity index (χ4n) is 4.14. The fourth-order valence-corrected chi connectivity index (χ4v) is 4.14. The molecule has 7 nitrogen and oxygen atoms in total. The highest BCUT2D eigenvalue weighted by molar-refractivity contribution is 6.29. The van der Waals surface area contributed by atoms with Crippen molar-refractivity contribution in [1.29, 1.82) is 0 Å². The van der Waals surface area contributed by atoms with Crippen LogP contribution in [0.2, 0.25) is 0 Å². The summed E-state index contributed by atoms with van der Waals surface area (Å²) in [6.07, 6.45) is -0.409. The molecular weight excluding hydrogens is 352 g/mol. The summed E-state index contributed by atoms with van der Waals surface area (Å²) in [6, 6.07) is 5.18. The monoisotopic (exact) mass is 368 g/mol. The fraction of sp³-hybridized carbons (Fsp3) is 0.300. The quantitative estimate of drug-likeness (QED) is 0.557. The van der Waals surface area contributed by atoms with Crippen LogP contribution in [0.5, 0.6) is 17.2 Å². The Hall–Kier alpha value is -2.90. The summed E-state index contributed by atoms with van der Waals surface area (Å²) in [6.45, 7) is 1.77. The van der Waals surface area contributed by atoms with E-state index in [0.29, 0.717) is 24.2 Å². The van der Waals surface area contributed by atoms with Gasteiger partial charge >= 0.3 is 0 Å². The molecule has 27 heavy (non-hydrogen) atoms. The number of aliphatic hydroxyl groups excluding tert-OH is 1. The van der Waals surface area contributed by atoms with Crippen LogP contribution in [0, 0.1) is 0 Å². The van der Waals surface area contributed by atoms with Crippen molar-refractivity contribution in [3.63, 3.8) is 0 Å². The molecule has 3 N–H and O–H groups in total. The van der Waals surface area contributed by atoms with Gasteiger partial charge in [0.15, 0.2) is 11.6 Å². The number of rotatable bonds is 0. The van der Waals surface area contributed by atoms with Crippen LogP contribution < -0.4 is 4.74 Å². The number of benzene rings is 2. The predicted molar refractivity (Wildman–Crippen MR) is 91.2 cm³/mol. The highest BCUT2D eigenvalue weighted by Gasteiger charge is 2.47. The summed E-state index contributed by atoms with van der Waals surface area (Å²) in [5, 5.41) is 30.1. The number of carbonyl (C=O) groups is 2. The minimum Gasteiger partial charge on any atom is -0.508 e. The third kappa shape index (κ3) is 2.15. The van der Waals surface area contributed by atoms with Gasteiger partial charge in [0.1, 0.15) is 23.4 Å². The molecule has 0 radical (unpaired) electrons. The summed E-state index contributed by atoms with van der Waals surface area (Å²) in [5.41, 5.74) is 0.553. The minimum absolute atomic E-state index is 0.0524. The van der Waals surface area contributed by atoms with E-state index in [1.807, 2.05) is 0 Å². The molecule has 2 heterocycles. The van der Waals surface area contributed by atoms with Crippen LogP contribution in [0.1, 0.15) is 63.3 Å². The van der Waals surface area contributed by atoms with Gasteiger partial charge in [-0.25, -0.2) is 0 Å². The number of ketones is 2. The van der Waals surface area contributed by atoms with Crippen molar-refractivity contribution in [2.75, 3.05) is 0 Å². The van der Waals surface area contributed by atoms with E-state index in [0.717, 1.165) is 6.07 Å². The Labute approximate surface area is 153 Å². The summed E-state index contributed by atoms with van der Waals surface area (Å²) in [5.74, 6) is -2.28. The average molecular weight is 368 g/mol. The van der Waals surface area contributed by atoms with Crippen LogP contribution in [0.25, 0.3) is 0 Å². The van der Waals surface area contributed by atoms with Crippen molar-refractivity contribution in [2.45, 2.75) is 37.8 Å². The molecule has 2 bridgehead atoms. The maximum Gasteiger partial charge on any atom is 0.208 e. The lowest BCUT2D eigenvalue weighted by atomic mass is 9.80. The van der Waals surface area contributed by atoms with Crippen molar-refractivity contribution in [3.8, 4) is 17.2 Å². The lowest BCUT2D eigenvalue weighted by Crippen LogP contribution is -2.48. The Bertz CT molecular complexity index is 1040. The lowest BCUT2D eigenvalue weighted by Gasteiger charge is -2.46. The van der Waals surface area contributed by atoms with Crippen LogP contribution in [0.4, 0.5) is 0 Å². The van der Waals surface area contributed by atoms with E-state index in [2.05, 4.69) is 0 Å². The average Bonchev–Trinajstić information content (AvgIpc) is 2.61. The van der Waals surface area contributed by atoms with Gasteiger partial charge < -0.3 is 24.8 Å². The first kappa shape index (κ1) is 16.3. The number of phenolic OH excluding ortho intramolecular Hbond substituents is 2. The normalized spacial score (nSPS) is 28.1. The van der Waals surface area contributed by atoms with E-state index >= 15 is 0 Å². The molecular formula is C20H16O7. The molecule has 1 aliphatic carbocycles. The van der Waals surface area contributed by atoms with Crippen LogP contribution in [0.3, 0.4) is 0 Å². The summed E-state index contributed by atoms with van der Waals surface area (Å²) in [7, 11) is 0. The largest absolute Gasteiger partial charge is 0.508 e. The molecule has 1 saturated heterocycles. The highest BCUT2D eigenvalue weighted by Crippen LogP contribution is 2.48. The maximum atomic E-state index is 13.0. The number of phenols is 2. The molecule has 3 atom stereocenters. The van der Waals surface area contributed by atoms with Gasteiger partial charge in [0.25, 0.3) is 0 Å². The molecule has 1 fully saturated rings. The molecule has 138 valence electrons. The zero-order chi connectivity index (χ0) is 19.1. The number of ether oxygens (including phenoxy) is 2. The SMILES string of the molecule is C[C@@]12CC[C@H](O)[C@H](O1)c1cc3c(cc1O2)C(=O)c1cc(O)cc(O)c1C3=O. The van der Waals surface area contributed by atoms with E-state index in [1.54, 1.807) is 6.92 Å². The number of aromatic hydroxyl groups is 2. The Kier molecular flexibility index (Phi) is 3.07. The van der Waals surface area contributed by atoms with E-state index in [1.165, 1.54) is 18.2 Å². The standard InChI is InChI=1S/C20H16O7/c1-20-3-2-13(22)19(27-20)11-6-9-10(7-15(11)26-20)17(24)12-4-8(21)5-14(23)16(12)18(9)25/h4-7,13,19,21-23H,2-3H2,1H3/t13-,19+,20-/m0/s1. The zero-order valence-corrected chi connectivity index (χ0v) is 14.4. The maximum absolute atomic E-state index is 13.0. The molecule has 0 amide bonds. The predicted octanol–water partition coefficient (Wildman–Crippen LogP) is 2.19. The van der Waals surface area contributed by atoms with Crippen molar-refractivity contribution < 1.29 is 34.4 Å². The molecule has 0 unspecified atom stereocenters. The summed E-state index contributed by atoms with van der Waals surface area (Å²) >= 11 is 0. The second-order valence-electron chi connectivity index (χ2n) is 7.36. The first-order valence-electron chi connectivity index (χ1n) is 8.65. The van der Waals surface area contributed by atoms with Crippen LogP contribution in [-0.4, -0.2) is 38.8 Å². The first-order chi connectivity index (χ1) is 12.8. The van der Waals surface area contributed by atoms with Crippen LogP contribution in [-0.2, 0) is 4.74 Å². The molecule has 0 spiro atoms. The van der Waals surface area contributed by atoms with Crippen molar-refractivity contribution in [1.82, 2.24) is 0 Å². The molecule has 5 rings (SSSR count). The van der Waals surface area contributed by atoms with Gasteiger partial charge in [-0.15, -0.1) is 0 Å². The van der Waals surface area contributed by atoms with Crippen molar-refractivity contribution >= 4 is 11.6 Å². The Balaban J connectivity index is 1.73. The van der Waals surface area contributed by atoms with Gasteiger partial charge in [0.05, 0.1) is 11.7 Å². The van der Waals surface area contributed by atoms with Gasteiger partial charge in [0, 0.05) is 41.7 Å². The molecule has 3 aliphatic rings. The summed E-state index contributed by atoms with van der Waals surface area (Å²) in [4.78, 5) is 25.9. The Morgan fingerprint density at radius 2 is 1.78 bits per heavy atom. The van der Waals surface area contributed by atoms with Gasteiger partial charge in [-0.3, -0.25) is 9.59 Å². The van der Waals surface area contributed by atoms with E-state index in [-0.39, 0.29) is 28.0 Å². The van der Waals surface area contributed by atoms with Gasteiger partial charge in [0.2, 0.25) is 5.79 Å². The number of hydrogen-bond acceptors (Lipinski definition) is 7. The Morgan fingerprint density at radius 1 is 1.04 bits per heavy atom. The van der Waals surface area contributed by atoms with Crippen LogP contribution >= 0.6 is 0 Å². The number of hydrogen-bond donors (Lipinski definition) is 3. The second kappa shape index (κ2) is 5.09. The second-order valence-corrected chi connectivity index (χ2v) is 7.36. The van der Waals surface area contributed by atoms with E-state index in [9.17, 15) is 24.9 Å². The third-order valence-corrected chi connectivity index (χ3v) is 5.47. The number of aliphatic hydroxyl groups is 1. The lowest BCUT2D eigenvalue weighted by molar-refractivity contribution is -0.269. The molecule has 2 aliphatic heterocycles. The first-order valence-corrected chi connectivity index (χ1v) is 8.65. The number of carbonyl (C=O) groups excluding carboxylic acids is 2. The summed E-state index contributed by atoms with van der Waals surface area (Å²) < 4.78 is 11.8. The number of fused-ring (bicyclic) bond motifs is 6. The van der Waals surface area contributed by atoms with Crippen molar-refractivity contribution in [2.24, 2.45) is 0 Å². The van der Waals surface area contributed by atoms with Crippen molar-refractivity contribution in [3.05, 3.63) is 52.1 Å². The molecule has 7 heteroatoms. The van der Waals surface area contributed by atoms with E-state index < -0.39 is 35.3 Å². The Morgan fingerprint density at radius 3 is 2.56 bits per heavy atom. The zero-order valence-electron chi connectivity index (χ0n) is 14.4. The van der Waals surface area contributed by atoms with E-state index in [4.69, 9.17) is 9.47 Å².